The molecule has 0 saturated heterocycles. The highest BCUT2D eigenvalue weighted by Crippen LogP contribution is 2.30. The SMILES string of the molecule is C.C=CN=C1Nc2ccccc2C1=C. The highest BCUT2D eigenvalue weighted by atomic mass is 15.0. The van der Waals surface area contributed by atoms with Crippen molar-refractivity contribution in [2.45, 2.75) is 7.43 Å². The van der Waals surface area contributed by atoms with Gasteiger partial charge in [-0.3, -0.25) is 0 Å². The number of fused-ring (bicyclic) bond motifs is 1. The second-order valence-corrected chi connectivity index (χ2v) is 2.81. The Morgan fingerprint density at radius 3 is 2.64 bits per heavy atom. The topological polar surface area (TPSA) is 24.4 Å². The molecule has 0 radical (unpaired) electrons. The fourth-order valence-corrected chi connectivity index (χ4v) is 1.39. The molecule has 0 unspecified atom stereocenters. The molecule has 0 spiro atoms. The van der Waals surface area contributed by atoms with Gasteiger partial charge in [0.1, 0.15) is 5.84 Å². The van der Waals surface area contributed by atoms with Crippen LogP contribution in [0.15, 0.2) is 48.6 Å². The molecule has 0 saturated carbocycles. The molecule has 1 aliphatic heterocycles. The Balaban J connectivity index is 0.000000980. The van der Waals surface area contributed by atoms with Crippen molar-refractivity contribution in [2.24, 2.45) is 4.99 Å². The third kappa shape index (κ3) is 1.46. The van der Waals surface area contributed by atoms with Gasteiger partial charge in [0, 0.05) is 23.0 Å². The van der Waals surface area contributed by atoms with Crippen molar-refractivity contribution in [2.75, 3.05) is 5.32 Å². The van der Waals surface area contributed by atoms with E-state index in [1.54, 1.807) is 0 Å². The van der Waals surface area contributed by atoms with Crippen LogP contribution in [0.5, 0.6) is 0 Å². The fraction of sp³-hybridized carbons (Fsp3) is 0.0833. The molecule has 1 aromatic carbocycles. The van der Waals surface area contributed by atoms with Crippen LogP contribution in [0.25, 0.3) is 5.57 Å². The van der Waals surface area contributed by atoms with Gasteiger partial charge in [-0.05, 0) is 6.07 Å². The maximum absolute atomic E-state index is 4.09. The Morgan fingerprint density at radius 2 is 2.00 bits per heavy atom. The summed E-state index contributed by atoms with van der Waals surface area (Å²) < 4.78 is 0. The van der Waals surface area contributed by atoms with Crippen LogP contribution in [-0.2, 0) is 0 Å². The number of benzene rings is 1. The van der Waals surface area contributed by atoms with Crippen molar-refractivity contribution < 1.29 is 0 Å². The van der Waals surface area contributed by atoms with Gasteiger partial charge in [-0.2, -0.15) is 0 Å². The zero-order valence-corrected chi connectivity index (χ0v) is 7.25. The molecule has 2 heteroatoms. The van der Waals surface area contributed by atoms with E-state index in [4.69, 9.17) is 0 Å². The average Bonchev–Trinajstić information content (AvgIpc) is 2.46. The summed E-state index contributed by atoms with van der Waals surface area (Å²) in [4.78, 5) is 4.09. The molecule has 1 aromatic rings. The second kappa shape index (κ2) is 3.92. The molecule has 0 fully saturated rings. The van der Waals surface area contributed by atoms with Gasteiger partial charge in [-0.1, -0.05) is 38.8 Å². The summed E-state index contributed by atoms with van der Waals surface area (Å²) in [7, 11) is 0. The van der Waals surface area contributed by atoms with E-state index in [-0.39, 0.29) is 7.43 Å². The molecule has 0 amide bonds. The van der Waals surface area contributed by atoms with Gasteiger partial charge >= 0.3 is 0 Å². The van der Waals surface area contributed by atoms with Gasteiger partial charge in [-0.25, -0.2) is 4.99 Å². The first-order chi connectivity index (χ1) is 6.33. The first-order valence-corrected chi connectivity index (χ1v) is 4.07. The van der Waals surface area contributed by atoms with Crippen molar-refractivity contribution in [1.82, 2.24) is 0 Å². The largest absolute Gasteiger partial charge is 0.339 e. The lowest BCUT2D eigenvalue weighted by atomic mass is 10.1. The molecule has 0 atom stereocenters. The van der Waals surface area contributed by atoms with Gasteiger partial charge in [0.2, 0.25) is 0 Å². The lowest BCUT2D eigenvalue weighted by Gasteiger charge is -1.95. The summed E-state index contributed by atoms with van der Waals surface area (Å²) in [6, 6.07) is 8.00. The zero-order valence-electron chi connectivity index (χ0n) is 7.25. The van der Waals surface area contributed by atoms with E-state index < -0.39 is 0 Å². The molecule has 2 nitrogen and oxygen atoms in total. The number of rotatable bonds is 1. The number of nitrogens with one attached hydrogen (secondary N) is 1. The minimum atomic E-state index is 0. The first kappa shape index (κ1) is 10.3. The van der Waals surface area contributed by atoms with Crippen molar-refractivity contribution in [3.63, 3.8) is 0 Å². The predicted molar refractivity (Wildman–Crippen MR) is 63.5 cm³/mol. The Labute approximate surface area is 84.7 Å². The number of amidine groups is 1. The van der Waals surface area contributed by atoms with Gasteiger partial charge in [0.15, 0.2) is 0 Å². The lowest BCUT2D eigenvalue weighted by molar-refractivity contribution is 1.57. The van der Waals surface area contributed by atoms with E-state index >= 15 is 0 Å². The van der Waals surface area contributed by atoms with Crippen LogP contribution in [0, 0.1) is 0 Å². The van der Waals surface area contributed by atoms with E-state index in [9.17, 15) is 0 Å². The molecule has 0 aromatic heterocycles. The zero-order chi connectivity index (χ0) is 9.26. The molecule has 1 N–H and O–H groups in total. The Morgan fingerprint density at radius 1 is 1.29 bits per heavy atom. The third-order valence-electron chi connectivity index (χ3n) is 2.01. The summed E-state index contributed by atoms with van der Waals surface area (Å²) in [5.41, 5.74) is 3.10. The van der Waals surface area contributed by atoms with Crippen LogP contribution in [-0.4, -0.2) is 5.84 Å². The number of nitrogens with zero attached hydrogens (tertiary/aromatic N) is 1. The van der Waals surface area contributed by atoms with Crippen LogP contribution < -0.4 is 5.32 Å². The standard InChI is InChI=1S/C11H10N2.CH4/c1-3-12-11-8(2)9-6-4-5-7-10(9)13-11;/h3-7H,1-2H2,(H,12,13);1H4. The summed E-state index contributed by atoms with van der Waals surface area (Å²) in [5.74, 6) is 0.788. The van der Waals surface area contributed by atoms with Crippen LogP contribution in [0.3, 0.4) is 0 Å². The fourth-order valence-electron chi connectivity index (χ4n) is 1.39. The number of hydrogen-bond donors (Lipinski definition) is 1. The summed E-state index contributed by atoms with van der Waals surface area (Å²) in [6.45, 7) is 7.51. The van der Waals surface area contributed by atoms with Crippen molar-refractivity contribution in [3.8, 4) is 0 Å². The number of aliphatic imine (C=N–C) groups is 1. The van der Waals surface area contributed by atoms with Gasteiger partial charge in [0.05, 0.1) is 0 Å². The van der Waals surface area contributed by atoms with Crippen LogP contribution in [0.1, 0.15) is 13.0 Å². The minimum Gasteiger partial charge on any atom is -0.339 e. The van der Waals surface area contributed by atoms with Crippen molar-refractivity contribution >= 4 is 17.1 Å². The van der Waals surface area contributed by atoms with E-state index in [0.29, 0.717) is 0 Å². The summed E-state index contributed by atoms with van der Waals surface area (Å²) >= 11 is 0. The number of anilines is 1. The smallest absolute Gasteiger partial charge is 0.137 e. The average molecular weight is 186 g/mol. The minimum absolute atomic E-state index is 0. The summed E-state index contributed by atoms with van der Waals surface area (Å²) in [6.07, 6.45) is 1.51. The highest BCUT2D eigenvalue weighted by Gasteiger charge is 2.18. The Kier molecular flexibility index (Phi) is 2.87. The van der Waals surface area contributed by atoms with Gasteiger partial charge in [-0.15, -0.1) is 0 Å². The second-order valence-electron chi connectivity index (χ2n) is 2.81. The predicted octanol–water partition coefficient (Wildman–Crippen LogP) is 3.30. The van der Waals surface area contributed by atoms with Crippen LogP contribution in [0.4, 0.5) is 5.69 Å². The molecule has 2 rings (SSSR count). The van der Waals surface area contributed by atoms with Gasteiger partial charge < -0.3 is 5.32 Å². The number of hydrogen-bond acceptors (Lipinski definition) is 1. The Hall–Kier alpha value is -1.83. The molecule has 72 valence electrons. The maximum Gasteiger partial charge on any atom is 0.137 e. The van der Waals surface area contributed by atoms with Gasteiger partial charge in [0.25, 0.3) is 0 Å². The molecule has 1 heterocycles. The summed E-state index contributed by atoms with van der Waals surface area (Å²) in [5, 5.41) is 3.16. The lowest BCUT2D eigenvalue weighted by Crippen LogP contribution is -2.03. The molecular weight excluding hydrogens is 172 g/mol. The quantitative estimate of drug-likeness (QED) is 0.715. The van der Waals surface area contributed by atoms with E-state index in [1.165, 1.54) is 6.20 Å². The normalized spacial score (nSPS) is 15.7. The van der Waals surface area contributed by atoms with Crippen LogP contribution >= 0.6 is 0 Å². The third-order valence-corrected chi connectivity index (χ3v) is 2.01. The number of para-hydroxylation sites is 1. The van der Waals surface area contributed by atoms with Crippen LogP contribution in [0.2, 0.25) is 0 Å². The molecule has 1 aliphatic rings. The van der Waals surface area contributed by atoms with E-state index in [2.05, 4.69) is 23.5 Å². The molecule has 0 bridgehead atoms. The molecular formula is C12H14N2. The van der Waals surface area contributed by atoms with Crippen molar-refractivity contribution in [1.29, 1.82) is 0 Å². The van der Waals surface area contributed by atoms with E-state index in [0.717, 1.165) is 22.7 Å². The molecule has 14 heavy (non-hydrogen) atoms. The Bertz CT molecular complexity index is 403. The monoisotopic (exact) mass is 186 g/mol. The van der Waals surface area contributed by atoms with Crippen molar-refractivity contribution in [3.05, 3.63) is 49.2 Å². The van der Waals surface area contributed by atoms with E-state index in [1.807, 2.05) is 24.3 Å². The maximum atomic E-state index is 4.09. The first-order valence-electron chi connectivity index (χ1n) is 4.07. The highest BCUT2D eigenvalue weighted by molar-refractivity contribution is 6.33. The molecule has 0 aliphatic carbocycles.